The van der Waals surface area contributed by atoms with E-state index in [0.717, 1.165) is 11.4 Å². The normalized spacial score (nSPS) is 10.6. The van der Waals surface area contributed by atoms with Gasteiger partial charge in [-0.1, -0.05) is 12.1 Å². The lowest BCUT2D eigenvalue weighted by molar-refractivity contribution is 0.102. The molecule has 7 nitrogen and oxygen atoms in total. The monoisotopic (exact) mass is 388 g/mol. The van der Waals surface area contributed by atoms with Crippen molar-refractivity contribution in [2.45, 2.75) is 6.92 Å². The van der Waals surface area contributed by atoms with E-state index in [2.05, 4.69) is 25.9 Å². The Labute approximate surface area is 166 Å². The van der Waals surface area contributed by atoms with Crippen molar-refractivity contribution in [2.75, 3.05) is 10.6 Å². The lowest BCUT2D eigenvalue weighted by atomic mass is 10.2. The Morgan fingerprint density at radius 2 is 1.69 bits per heavy atom. The molecule has 0 spiro atoms. The van der Waals surface area contributed by atoms with Crippen molar-refractivity contribution < 1.29 is 9.18 Å². The number of amides is 1. The number of rotatable bonds is 5. The summed E-state index contributed by atoms with van der Waals surface area (Å²) in [4.78, 5) is 12.2. The summed E-state index contributed by atoms with van der Waals surface area (Å²) in [5, 5.41) is 18.4. The summed E-state index contributed by atoms with van der Waals surface area (Å²) in [6, 6.07) is 18.3. The van der Waals surface area contributed by atoms with Crippen molar-refractivity contribution in [3.05, 3.63) is 90.0 Å². The van der Waals surface area contributed by atoms with Crippen LogP contribution in [-0.4, -0.2) is 25.9 Å². The first-order chi connectivity index (χ1) is 14.1. The number of nitrogens with one attached hydrogen (secondary N) is 2. The van der Waals surface area contributed by atoms with Crippen LogP contribution in [0.4, 0.5) is 21.6 Å². The van der Waals surface area contributed by atoms with E-state index in [1.807, 2.05) is 25.3 Å². The minimum absolute atomic E-state index is 0.00237. The Morgan fingerprint density at radius 3 is 2.34 bits per heavy atom. The van der Waals surface area contributed by atoms with Gasteiger partial charge in [-0.15, -0.1) is 10.2 Å². The van der Waals surface area contributed by atoms with E-state index in [9.17, 15) is 9.18 Å². The second-order valence-electron chi connectivity index (χ2n) is 6.31. The SMILES string of the molecule is Cc1ccn(-c2ccc(Nc3ccc(NC(=O)c4ccccc4F)cc3)nn2)n1. The van der Waals surface area contributed by atoms with Crippen LogP contribution in [0.3, 0.4) is 0 Å². The quantitative estimate of drug-likeness (QED) is 0.538. The molecular weight excluding hydrogens is 371 g/mol. The molecule has 0 aliphatic heterocycles. The molecule has 4 rings (SSSR count). The van der Waals surface area contributed by atoms with Crippen molar-refractivity contribution in [1.29, 1.82) is 0 Å². The first-order valence-corrected chi connectivity index (χ1v) is 8.88. The van der Waals surface area contributed by atoms with Gasteiger partial charge in [0, 0.05) is 17.6 Å². The van der Waals surface area contributed by atoms with Crippen LogP contribution in [0.2, 0.25) is 0 Å². The first-order valence-electron chi connectivity index (χ1n) is 8.88. The van der Waals surface area contributed by atoms with Gasteiger partial charge in [0.2, 0.25) is 0 Å². The first kappa shape index (κ1) is 18.3. The van der Waals surface area contributed by atoms with Crippen LogP contribution in [0, 0.1) is 12.7 Å². The van der Waals surface area contributed by atoms with E-state index in [0.29, 0.717) is 17.3 Å². The van der Waals surface area contributed by atoms with E-state index < -0.39 is 11.7 Å². The summed E-state index contributed by atoms with van der Waals surface area (Å²) in [5.74, 6) is 0.130. The molecule has 2 aromatic carbocycles. The number of benzene rings is 2. The second-order valence-corrected chi connectivity index (χ2v) is 6.31. The number of hydrogen-bond acceptors (Lipinski definition) is 5. The van der Waals surface area contributed by atoms with Gasteiger partial charge in [-0.25, -0.2) is 9.07 Å². The highest BCUT2D eigenvalue weighted by Gasteiger charge is 2.11. The fourth-order valence-electron chi connectivity index (χ4n) is 2.69. The molecule has 0 saturated heterocycles. The molecule has 0 aliphatic carbocycles. The van der Waals surface area contributed by atoms with Crippen LogP contribution >= 0.6 is 0 Å². The Hall–Kier alpha value is -4.07. The van der Waals surface area contributed by atoms with Gasteiger partial charge in [0.15, 0.2) is 11.6 Å². The molecule has 8 heteroatoms. The van der Waals surface area contributed by atoms with E-state index in [-0.39, 0.29) is 5.56 Å². The zero-order valence-electron chi connectivity index (χ0n) is 15.5. The van der Waals surface area contributed by atoms with Crippen molar-refractivity contribution in [3.8, 4) is 5.82 Å². The number of anilines is 3. The summed E-state index contributed by atoms with van der Waals surface area (Å²) < 4.78 is 15.3. The zero-order chi connectivity index (χ0) is 20.2. The summed E-state index contributed by atoms with van der Waals surface area (Å²) in [5.41, 5.74) is 2.22. The molecule has 1 amide bonds. The fourth-order valence-corrected chi connectivity index (χ4v) is 2.69. The minimum Gasteiger partial charge on any atom is -0.339 e. The van der Waals surface area contributed by atoms with E-state index in [1.165, 1.54) is 18.2 Å². The van der Waals surface area contributed by atoms with Gasteiger partial charge >= 0.3 is 0 Å². The van der Waals surface area contributed by atoms with Crippen LogP contribution in [0.5, 0.6) is 0 Å². The third-order valence-electron chi connectivity index (χ3n) is 4.14. The maximum atomic E-state index is 13.7. The van der Waals surface area contributed by atoms with Crippen molar-refractivity contribution in [2.24, 2.45) is 0 Å². The Kier molecular flexibility index (Phi) is 4.98. The molecule has 2 N–H and O–H groups in total. The molecule has 0 saturated carbocycles. The van der Waals surface area contributed by atoms with Crippen LogP contribution in [0.1, 0.15) is 16.1 Å². The summed E-state index contributed by atoms with van der Waals surface area (Å²) in [6.45, 7) is 1.91. The van der Waals surface area contributed by atoms with Crippen molar-refractivity contribution >= 4 is 23.1 Å². The molecule has 0 unspecified atom stereocenters. The molecule has 0 bridgehead atoms. The number of aryl methyl sites for hydroxylation is 1. The van der Waals surface area contributed by atoms with E-state index in [4.69, 9.17) is 0 Å². The topological polar surface area (TPSA) is 84.7 Å². The fraction of sp³-hybridized carbons (Fsp3) is 0.0476. The van der Waals surface area contributed by atoms with Gasteiger partial charge in [-0.3, -0.25) is 4.79 Å². The number of carbonyl (C=O) groups is 1. The van der Waals surface area contributed by atoms with Crippen molar-refractivity contribution in [1.82, 2.24) is 20.0 Å². The number of aromatic nitrogens is 4. The molecule has 0 aliphatic rings. The molecule has 4 aromatic rings. The van der Waals surface area contributed by atoms with Gasteiger partial charge in [-0.2, -0.15) is 5.10 Å². The highest BCUT2D eigenvalue weighted by molar-refractivity contribution is 6.04. The Bertz CT molecular complexity index is 1140. The number of hydrogen-bond donors (Lipinski definition) is 2. The maximum absolute atomic E-state index is 13.7. The van der Waals surface area contributed by atoms with Crippen LogP contribution in [-0.2, 0) is 0 Å². The highest BCUT2D eigenvalue weighted by atomic mass is 19.1. The molecule has 2 heterocycles. The molecule has 0 fully saturated rings. The maximum Gasteiger partial charge on any atom is 0.258 e. The predicted octanol–water partition coefficient (Wildman–Crippen LogP) is 4.11. The average Bonchev–Trinajstić information content (AvgIpc) is 3.16. The second kappa shape index (κ2) is 7.89. The predicted molar refractivity (Wildman–Crippen MR) is 108 cm³/mol. The van der Waals surface area contributed by atoms with Gasteiger partial charge in [-0.05, 0) is 61.5 Å². The Balaban J connectivity index is 1.40. The summed E-state index contributed by atoms with van der Waals surface area (Å²) in [7, 11) is 0. The standard InChI is InChI=1S/C21H17FN6O/c1-14-12-13-28(27-14)20-11-10-19(25-26-20)23-15-6-8-16(9-7-15)24-21(29)17-4-2-3-5-18(17)22/h2-13H,1H3,(H,23,25)(H,24,29). The van der Waals surface area contributed by atoms with Crippen LogP contribution < -0.4 is 10.6 Å². The van der Waals surface area contributed by atoms with Gasteiger partial charge in [0.05, 0.1) is 11.3 Å². The Morgan fingerprint density at radius 1 is 0.931 bits per heavy atom. The molecule has 144 valence electrons. The van der Waals surface area contributed by atoms with Crippen LogP contribution in [0.15, 0.2) is 72.9 Å². The number of carbonyl (C=O) groups excluding carboxylic acids is 1. The summed E-state index contributed by atoms with van der Waals surface area (Å²) in [6.07, 6.45) is 1.82. The molecule has 0 radical (unpaired) electrons. The molecule has 0 atom stereocenters. The van der Waals surface area contributed by atoms with Gasteiger partial charge in [0.25, 0.3) is 5.91 Å². The largest absolute Gasteiger partial charge is 0.339 e. The highest BCUT2D eigenvalue weighted by Crippen LogP contribution is 2.19. The van der Waals surface area contributed by atoms with E-state index >= 15 is 0 Å². The lowest BCUT2D eigenvalue weighted by Gasteiger charge is -2.09. The molecule has 29 heavy (non-hydrogen) atoms. The van der Waals surface area contributed by atoms with Crippen LogP contribution in [0.25, 0.3) is 5.82 Å². The van der Waals surface area contributed by atoms with Crippen molar-refractivity contribution in [3.63, 3.8) is 0 Å². The smallest absolute Gasteiger partial charge is 0.258 e. The lowest BCUT2D eigenvalue weighted by Crippen LogP contribution is -2.13. The van der Waals surface area contributed by atoms with E-state index in [1.54, 1.807) is 41.1 Å². The third-order valence-corrected chi connectivity index (χ3v) is 4.14. The molecular formula is C21H17FN6O. The number of halogens is 1. The zero-order valence-corrected chi connectivity index (χ0v) is 15.5. The number of nitrogens with zero attached hydrogens (tertiary/aromatic N) is 4. The average molecular weight is 388 g/mol. The summed E-state index contributed by atoms with van der Waals surface area (Å²) >= 11 is 0. The van der Waals surface area contributed by atoms with Gasteiger partial charge < -0.3 is 10.6 Å². The van der Waals surface area contributed by atoms with Gasteiger partial charge in [0.1, 0.15) is 5.82 Å². The third kappa shape index (κ3) is 4.27. The molecule has 2 aromatic heterocycles. The minimum atomic E-state index is -0.560.